The van der Waals surface area contributed by atoms with Crippen molar-refractivity contribution in [3.8, 4) is 0 Å². The van der Waals surface area contributed by atoms with Crippen LogP contribution in [-0.2, 0) is 9.59 Å². The molecule has 0 amide bonds. The largest absolute Gasteiger partial charge is 0.480 e. The van der Waals surface area contributed by atoms with Gasteiger partial charge in [-0.3, -0.25) is 9.59 Å². The summed E-state index contributed by atoms with van der Waals surface area (Å²) in [6.07, 6.45) is 1.05. The first-order valence-electron chi connectivity index (χ1n) is 3.78. The maximum Gasteiger partial charge on any atom is 0.317 e. The molecule has 1 rings (SSSR count). The van der Waals surface area contributed by atoms with Gasteiger partial charge < -0.3 is 5.11 Å². The smallest absolute Gasteiger partial charge is 0.317 e. The highest BCUT2D eigenvalue weighted by molar-refractivity contribution is 6.06. The molecule has 62 valence electrons. The van der Waals surface area contributed by atoms with Gasteiger partial charge in [0, 0.05) is 5.92 Å². The van der Waals surface area contributed by atoms with Crippen LogP contribution in [0.2, 0.25) is 0 Å². The van der Waals surface area contributed by atoms with Crippen LogP contribution in [0.5, 0.6) is 0 Å². The van der Waals surface area contributed by atoms with Crippen molar-refractivity contribution in [1.82, 2.24) is 0 Å². The topological polar surface area (TPSA) is 54.4 Å². The van der Waals surface area contributed by atoms with E-state index >= 15 is 0 Å². The molecule has 1 N–H and O–H groups in total. The highest BCUT2D eigenvalue weighted by atomic mass is 16.4. The molecule has 3 heteroatoms. The normalized spacial score (nSPS) is 19.9. The Morgan fingerprint density at radius 3 is 1.91 bits per heavy atom. The van der Waals surface area contributed by atoms with Crippen LogP contribution < -0.4 is 0 Å². The van der Waals surface area contributed by atoms with Gasteiger partial charge in [0.25, 0.3) is 0 Å². The van der Waals surface area contributed by atoms with Crippen LogP contribution in [0.1, 0.15) is 26.7 Å². The first kappa shape index (κ1) is 8.24. The van der Waals surface area contributed by atoms with E-state index in [9.17, 15) is 9.59 Å². The molecule has 0 saturated heterocycles. The van der Waals surface area contributed by atoms with Gasteiger partial charge in [-0.05, 0) is 12.8 Å². The predicted octanol–water partition coefficient (Wildman–Crippen LogP) is 1.08. The Hall–Kier alpha value is -0.860. The minimum absolute atomic E-state index is 0.120. The average molecular weight is 156 g/mol. The number of ketones is 1. The first-order valence-corrected chi connectivity index (χ1v) is 3.78. The van der Waals surface area contributed by atoms with Crippen LogP contribution in [0.15, 0.2) is 0 Å². The van der Waals surface area contributed by atoms with Gasteiger partial charge in [-0.25, -0.2) is 0 Å². The Balaban J connectivity index is 2.74. The third-order valence-electron chi connectivity index (χ3n) is 2.16. The van der Waals surface area contributed by atoms with E-state index in [1.807, 2.05) is 0 Å². The molecular formula is C8H12O3. The zero-order valence-electron chi connectivity index (χ0n) is 6.76. The summed E-state index contributed by atoms with van der Waals surface area (Å²) in [5, 5.41) is 8.70. The molecule has 1 fully saturated rings. The Morgan fingerprint density at radius 1 is 1.36 bits per heavy atom. The molecule has 0 atom stereocenters. The Bertz CT molecular complexity index is 201. The lowest BCUT2D eigenvalue weighted by molar-refractivity contribution is -0.149. The summed E-state index contributed by atoms with van der Waals surface area (Å²) in [4.78, 5) is 21.9. The van der Waals surface area contributed by atoms with Crippen molar-refractivity contribution in [2.45, 2.75) is 26.7 Å². The summed E-state index contributed by atoms with van der Waals surface area (Å²) in [6.45, 7) is 3.48. The number of aliphatic carboxylic acids is 1. The average Bonchev–Trinajstić information content (AvgIpc) is 2.65. The molecule has 0 aromatic carbocycles. The van der Waals surface area contributed by atoms with E-state index in [1.54, 1.807) is 13.8 Å². The third kappa shape index (κ3) is 1.15. The van der Waals surface area contributed by atoms with Gasteiger partial charge in [0.05, 0.1) is 0 Å². The number of carbonyl (C=O) groups is 2. The van der Waals surface area contributed by atoms with E-state index in [1.165, 1.54) is 0 Å². The molecule has 0 spiro atoms. The lowest BCUT2D eigenvalue weighted by Crippen LogP contribution is -2.28. The van der Waals surface area contributed by atoms with Crippen LogP contribution >= 0.6 is 0 Å². The summed E-state index contributed by atoms with van der Waals surface area (Å²) < 4.78 is 0. The van der Waals surface area contributed by atoms with E-state index in [2.05, 4.69) is 0 Å². The fraction of sp³-hybridized carbons (Fsp3) is 0.750. The molecular weight excluding hydrogens is 144 g/mol. The van der Waals surface area contributed by atoms with Gasteiger partial charge in [-0.2, -0.15) is 0 Å². The van der Waals surface area contributed by atoms with E-state index in [0.717, 1.165) is 0 Å². The number of hydrogen-bond acceptors (Lipinski definition) is 2. The number of carboxylic acids is 1. The van der Waals surface area contributed by atoms with E-state index in [4.69, 9.17) is 5.11 Å². The maximum atomic E-state index is 11.3. The Kier molecular flexibility index (Phi) is 1.74. The predicted molar refractivity (Wildman–Crippen MR) is 39.1 cm³/mol. The number of hydrogen-bond donors (Lipinski definition) is 1. The second kappa shape index (κ2) is 2.32. The van der Waals surface area contributed by atoms with Crippen LogP contribution in [0.3, 0.4) is 0 Å². The minimum Gasteiger partial charge on any atom is -0.480 e. The minimum atomic E-state index is -0.992. The second-order valence-electron chi connectivity index (χ2n) is 3.41. The van der Waals surface area contributed by atoms with Gasteiger partial charge in [0.15, 0.2) is 5.78 Å². The first-order chi connectivity index (χ1) is 5.00. The number of Topliss-reactive ketones (excluding diaryl/α,β-unsaturated/α-hetero) is 1. The van der Waals surface area contributed by atoms with Gasteiger partial charge in [0.1, 0.15) is 5.41 Å². The summed E-state index contributed by atoms with van der Waals surface area (Å²) in [6, 6.07) is 0. The lowest BCUT2D eigenvalue weighted by atomic mass is 9.93. The summed E-state index contributed by atoms with van der Waals surface area (Å²) in [5.74, 6) is -1.23. The second-order valence-corrected chi connectivity index (χ2v) is 3.41. The van der Waals surface area contributed by atoms with Crippen LogP contribution in [0.4, 0.5) is 0 Å². The van der Waals surface area contributed by atoms with Crippen molar-refractivity contribution in [3.63, 3.8) is 0 Å². The monoisotopic (exact) mass is 156 g/mol. The van der Waals surface area contributed by atoms with Gasteiger partial charge in [-0.15, -0.1) is 0 Å². The number of carboxylic acid groups (broad SMARTS) is 1. The highest BCUT2D eigenvalue weighted by Gasteiger charge is 2.56. The van der Waals surface area contributed by atoms with Gasteiger partial charge >= 0.3 is 5.97 Å². The van der Waals surface area contributed by atoms with Crippen LogP contribution in [0.25, 0.3) is 0 Å². The van der Waals surface area contributed by atoms with E-state index in [-0.39, 0.29) is 11.7 Å². The molecule has 0 aromatic rings. The zero-order chi connectivity index (χ0) is 8.65. The van der Waals surface area contributed by atoms with E-state index < -0.39 is 11.4 Å². The maximum absolute atomic E-state index is 11.3. The number of carbonyl (C=O) groups excluding carboxylic acids is 1. The standard InChI is InChI=1S/C8H12O3/c1-5(2)6(9)8(3-4-8)7(10)11/h5H,3-4H2,1-2H3,(H,10,11). The van der Waals surface area contributed by atoms with Gasteiger partial charge in [0.2, 0.25) is 0 Å². The molecule has 0 unspecified atom stereocenters. The van der Waals surface area contributed by atoms with E-state index in [0.29, 0.717) is 12.8 Å². The Morgan fingerprint density at radius 2 is 1.82 bits per heavy atom. The summed E-state index contributed by atoms with van der Waals surface area (Å²) >= 11 is 0. The quantitative estimate of drug-likeness (QED) is 0.622. The molecule has 0 aromatic heterocycles. The fourth-order valence-electron chi connectivity index (χ4n) is 1.24. The van der Waals surface area contributed by atoms with Crippen molar-refractivity contribution in [1.29, 1.82) is 0 Å². The molecule has 0 heterocycles. The molecule has 1 aliphatic carbocycles. The van der Waals surface area contributed by atoms with Crippen LogP contribution in [-0.4, -0.2) is 16.9 Å². The van der Waals surface area contributed by atoms with Crippen molar-refractivity contribution in [2.24, 2.45) is 11.3 Å². The lowest BCUT2D eigenvalue weighted by Gasteiger charge is -2.10. The molecule has 1 saturated carbocycles. The third-order valence-corrected chi connectivity index (χ3v) is 2.16. The molecule has 11 heavy (non-hydrogen) atoms. The van der Waals surface area contributed by atoms with Crippen molar-refractivity contribution >= 4 is 11.8 Å². The zero-order valence-corrected chi connectivity index (χ0v) is 6.76. The fourth-order valence-corrected chi connectivity index (χ4v) is 1.24. The summed E-state index contributed by atoms with van der Waals surface area (Å²) in [7, 11) is 0. The van der Waals surface area contributed by atoms with Crippen molar-refractivity contribution in [2.75, 3.05) is 0 Å². The van der Waals surface area contributed by atoms with Crippen molar-refractivity contribution < 1.29 is 14.7 Å². The highest BCUT2D eigenvalue weighted by Crippen LogP contribution is 2.48. The van der Waals surface area contributed by atoms with Crippen molar-refractivity contribution in [3.05, 3.63) is 0 Å². The molecule has 3 nitrogen and oxygen atoms in total. The summed E-state index contributed by atoms with van der Waals surface area (Å²) in [5.41, 5.74) is -0.992. The molecule has 0 bridgehead atoms. The van der Waals surface area contributed by atoms with Gasteiger partial charge in [-0.1, -0.05) is 13.8 Å². The number of rotatable bonds is 3. The molecule has 1 aliphatic rings. The Labute approximate surface area is 65.4 Å². The van der Waals surface area contributed by atoms with Crippen LogP contribution in [0, 0.1) is 11.3 Å². The molecule has 0 aliphatic heterocycles. The molecule has 0 radical (unpaired) electrons. The SMILES string of the molecule is CC(C)C(=O)C1(C(=O)O)CC1.